The summed E-state index contributed by atoms with van der Waals surface area (Å²) in [5.74, 6) is 4.48. The molecule has 0 bridgehead atoms. The summed E-state index contributed by atoms with van der Waals surface area (Å²) in [5, 5.41) is 11.9. The van der Waals surface area contributed by atoms with Crippen molar-refractivity contribution in [3.8, 4) is 0 Å². The van der Waals surface area contributed by atoms with Crippen LogP contribution in [0, 0.1) is 59.2 Å². The molecule has 5 fully saturated rings. The van der Waals surface area contributed by atoms with Gasteiger partial charge in [0.2, 0.25) is 29.5 Å². The summed E-state index contributed by atoms with van der Waals surface area (Å²) in [5.41, 5.74) is 21.5. The van der Waals surface area contributed by atoms with Crippen LogP contribution in [0.1, 0.15) is 302 Å². The van der Waals surface area contributed by atoms with Crippen LogP contribution in [0.15, 0.2) is 119 Å². The fourth-order valence-electron chi connectivity index (χ4n) is 24.7. The number of ether oxygens (including phenoxy) is 1. The molecule has 746 valence electrons. The molecule has 0 aromatic heterocycles. The third-order valence-electron chi connectivity index (χ3n) is 31.6. The predicted octanol–water partition coefficient (Wildman–Crippen LogP) is 20.4. The minimum Gasteiger partial charge on any atom is -0.444 e. The van der Waals surface area contributed by atoms with Crippen molar-refractivity contribution in [2.75, 3.05) is 87.6 Å². The van der Waals surface area contributed by atoms with Crippen molar-refractivity contribution in [1.82, 2.24) is 60.5 Å². The highest BCUT2D eigenvalue weighted by Gasteiger charge is 2.49. The highest BCUT2D eigenvalue weighted by atomic mass is 16.6. The number of fused-ring (bicyclic) bond motifs is 8. The number of carbonyl (C=O) groups excluding carboxylic acids is 9. The van der Waals surface area contributed by atoms with E-state index in [9.17, 15) is 43.2 Å². The van der Waals surface area contributed by atoms with Crippen LogP contribution in [-0.4, -0.2) is 227 Å². The zero-order chi connectivity index (χ0) is 98.4. The second kappa shape index (κ2) is 44.0. The number of hydrogen-bond acceptors (Lipinski definition) is 10. The summed E-state index contributed by atoms with van der Waals surface area (Å²) < 4.78 is 5.47. The van der Waals surface area contributed by atoms with Gasteiger partial charge >= 0.3 is 24.2 Å². The van der Waals surface area contributed by atoms with E-state index in [0.29, 0.717) is 78.8 Å². The Morgan fingerprint density at radius 3 is 1.07 bits per heavy atom. The smallest absolute Gasteiger partial charge is 0.410 e. The Hall–Kier alpha value is -9.73. The molecule has 3 unspecified atom stereocenters. The Labute approximate surface area is 820 Å². The molecule has 17 rings (SSSR count). The van der Waals surface area contributed by atoms with Crippen LogP contribution in [0.5, 0.6) is 0 Å². The molecule has 5 saturated carbocycles. The molecule has 9 aliphatic carbocycles. The second-order valence-electron chi connectivity index (χ2n) is 47.3. The number of rotatable bonds is 17. The molecule has 4 N–H and O–H groups in total. The van der Waals surface area contributed by atoms with E-state index in [1.807, 2.05) is 130 Å². The SMILES string of the molecule is CC(C)CC1C2=C(CCN1C(=O)C1CCC(CN(C)C(=O)NC(C)(C)C)CC1)c1ccccc1C2.CCC1C2=C(CCN1C(=O)C1CCC(CN(C)C(=O)NC(C)(C)C)CC1)c1ccccc1C2.CN(CC1CCC(C(=O)N2CCC3=C(Cc4ccccc43)C2C2CC2)CC1)C(=O)NC(C)(C)C.CNC(=O)[C@@H]1CC2=C(Cc3ccccc32)CN1C(=O)C1CCC(CN(C)C(=O)OC(C)(C)C)CC1. The molecule has 4 aromatic rings. The average Bonchev–Trinajstić information content (AvgIpc) is 1.60. The lowest BCUT2D eigenvalue weighted by Gasteiger charge is -2.41. The lowest BCUT2D eigenvalue weighted by Crippen LogP contribution is -2.53. The van der Waals surface area contributed by atoms with E-state index in [1.165, 1.54) is 96.4 Å². The molecule has 22 nitrogen and oxygen atoms in total. The van der Waals surface area contributed by atoms with Gasteiger partial charge in [-0.2, -0.15) is 0 Å². The van der Waals surface area contributed by atoms with E-state index in [0.717, 1.165) is 200 Å². The minimum absolute atomic E-state index is 0.00655. The number of nitrogens with zero attached hydrogens (tertiary/aromatic N) is 8. The maximum Gasteiger partial charge on any atom is 0.410 e. The second-order valence-corrected chi connectivity index (χ2v) is 47.3. The molecule has 22 heteroatoms. The van der Waals surface area contributed by atoms with Gasteiger partial charge in [0.15, 0.2) is 0 Å². The van der Waals surface area contributed by atoms with Crippen LogP contribution in [0.25, 0.3) is 22.3 Å². The first-order valence-corrected chi connectivity index (χ1v) is 52.7. The van der Waals surface area contributed by atoms with Crippen molar-refractivity contribution in [2.24, 2.45) is 59.2 Å². The Kier molecular flexibility index (Phi) is 33.1. The van der Waals surface area contributed by atoms with Crippen LogP contribution in [0.2, 0.25) is 0 Å². The van der Waals surface area contributed by atoms with Crippen LogP contribution < -0.4 is 21.3 Å². The van der Waals surface area contributed by atoms with Gasteiger partial charge < -0.3 is 65.2 Å². The van der Waals surface area contributed by atoms with E-state index in [4.69, 9.17) is 4.74 Å². The lowest BCUT2D eigenvalue weighted by atomic mass is 9.80. The van der Waals surface area contributed by atoms with E-state index < -0.39 is 11.6 Å². The zero-order valence-corrected chi connectivity index (χ0v) is 86.9. The van der Waals surface area contributed by atoms with Crippen molar-refractivity contribution in [3.63, 3.8) is 0 Å². The topological polar surface area (TPSA) is 237 Å². The van der Waals surface area contributed by atoms with Gasteiger partial charge in [0.25, 0.3) is 0 Å². The number of carbonyl (C=O) groups is 9. The predicted molar refractivity (Wildman–Crippen MR) is 549 cm³/mol. The molecular weight excluding hydrogens is 1710 g/mol. The van der Waals surface area contributed by atoms with E-state index >= 15 is 0 Å². The van der Waals surface area contributed by atoms with Crippen LogP contribution in [-0.2, 0) is 54.4 Å². The third-order valence-corrected chi connectivity index (χ3v) is 31.6. The standard InChI is InChI=1S/C30H45N3O2.C29H41N3O2.C28H39N3O4.C28H41N3O2/c1-20(2)17-27-26-18-23-9-7-8-10-24(23)25(26)15-16-33(27)28(34)22-13-11-21(12-14-22)19-32(6)29(35)31-30(3,4)5;1-29(2,3)30-28(34)31(4)18-19-9-11-21(12-10-19)27(33)32-16-15-24-23-8-6-5-7-22(23)17-25(24)26(32)20-13-14-20;1-28(2,3)35-27(34)30(5)16-18-10-12-19(13-11-18)26(33)31-17-21-14-20-8-6-7-9-22(20)23(21)15-24(31)25(32)29-4;1-6-25-24-17-21-9-7-8-10-22(21)23(24)15-16-31(25)26(32)20-13-11-19(12-14-20)18-30(5)27(33)29-28(2,3)4/h7-10,20-22,27H,11-19H2,1-6H3,(H,31,35);5-8,19-21,26H,9-18H2,1-4H3,(H,30,34);6-9,18-19,24H,10-17H2,1-5H3,(H,29,32);7-10,19-20,25H,6,11-18H2,1-5H3,(H,29,33)/t;;18?,19?,24-;/m..0./s1. The van der Waals surface area contributed by atoms with Gasteiger partial charge in [-0.3, -0.25) is 24.0 Å². The van der Waals surface area contributed by atoms with Crippen LogP contribution in [0.3, 0.4) is 0 Å². The lowest BCUT2D eigenvalue weighted by molar-refractivity contribution is -0.144. The van der Waals surface area contributed by atoms with Crippen molar-refractivity contribution in [3.05, 3.63) is 164 Å². The van der Waals surface area contributed by atoms with Crippen molar-refractivity contribution < 1.29 is 47.9 Å². The zero-order valence-electron chi connectivity index (χ0n) is 86.9. The fourth-order valence-corrected chi connectivity index (χ4v) is 24.7. The van der Waals surface area contributed by atoms with Crippen LogP contribution >= 0.6 is 0 Å². The molecule has 0 radical (unpaired) electrons. The van der Waals surface area contributed by atoms with Gasteiger partial charge in [0.1, 0.15) is 11.6 Å². The molecule has 13 aliphatic rings. The summed E-state index contributed by atoms with van der Waals surface area (Å²) >= 11 is 0. The van der Waals surface area contributed by atoms with Gasteiger partial charge in [-0.25, -0.2) is 19.2 Å². The number of amides is 12. The highest BCUT2D eigenvalue weighted by Crippen LogP contribution is 2.52. The van der Waals surface area contributed by atoms with Crippen LogP contribution in [0.4, 0.5) is 19.2 Å². The number of urea groups is 3. The minimum atomic E-state index is -0.513. The molecule has 4 aromatic carbocycles. The van der Waals surface area contributed by atoms with E-state index in [1.54, 1.807) is 24.6 Å². The quantitative estimate of drug-likeness (QED) is 0.0780. The largest absolute Gasteiger partial charge is 0.444 e. The monoisotopic (exact) mass is 1880 g/mol. The van der Waals surface area contributed by atoms with E-state index in [-0.39, 0.29) is 88.4 Å². The van der Waals surface area contributed by atoms with Gasteiger partial charge in [-0.1, -0.05) is 118 Å². The Morgan fingerprint density at radius 2 is 0.715 bits per heavy atom. The van der Waals surface area contributed by atoms with Crippen molar-refractivity contribution in [2.45, 2.75) is 330 Å². The summed E-state index contributed by atoms with van der Waals surface area (Å²) in [7, 11) is 9.06. The normalized spacial score (nSPS) is 24.9. The molecular formula is C115H166N12O10. The van der Waals surface area contributed by atoms with Crippen molar-refractivity contribution >= 4 is 76.0 Å². The summed E-state index contributed by atoms with van der Waals surface area (Å²) in [6.45, 7) is 36.5. The molecule has 0 saturated heterocycles. The maximum absolute atomic E-state index is 13.8. The van der Waals surface area contributed by atoms with Gasteiger partial charge in [0, 0.05) is 134 Å². The number of hydrogen-bond donors (Lipinski definition) is 4. The first kappa shape index (κ1) is 103. The average molecular weight is 1880 g/mol. The summed E-state index contributed by atoms with van der Waals surface area (Å²) in [6, 6.07) is 35.1. The Bertz CT molecular complexity index is 5150. The Balaban J connectivity index is 0.000000146. The molecule has 4 atom stereocenters. The van der Waals surface area contributed by atoms with Crippen molar-refractivity contribution in [1.29, 1.82) is 0 Å². The third kappa shape index (κ3) is 25.5. The summed E-state index contributed by atoms with van der Waals surface area (Å²) in [6.07, 6.45) is 26.9. The van der Waals surface area contributed by atoms with Gasteiger partial charge in [0.05, 0.1) is 18.1 Å². The van der Waals surface area contributed by atoms with Gasteiger partial charge in [-0.05, 0) is 381 Å². The number of nitrogens with one attached hydrogen (secondary N) is 4. The first-order valence-electron chi connectivity index (χ1n) is 52.7. The number of benzene rings is 4. The molecule has 4 heterocycles. The van der Waals surface area contributed by atoms with Gasteiger partial charge in [-0.15, -0.1) is 0 Å². The fraction of sp³-hybridized carbons (Fsp3) is 0.643. The molecule has 4 aliphatic heterocycles. The Morgan fingerprint density at radius 1 is 0.394 bits per heavy atom. The maximum atomic E-state index is 13.8. The highest BCUT2D eigenvalue weighted by molar-refractivity contribution is 5.94. The first-order chi connectivity index (χ1) is 65.0. The molecule has 0 spiro atoms. The molecule has 137 heavy (non-hydrogen) atoms. The number of likely N-dealkylation sites (N-methyl/N-ethyl adjacent to an activating group) is 1. The van der Waals surface area contributed by atoms with E-state index in [2.05, 4.69) is 148 Å². The summed E-state index contributed by atoms with van der Waals surface area (Å²) in [4.78, 5) is 133. The molecule has 12 amide bonds.